The van der Waals surface area contributed by atoms with E-state index < -0.39 is 17.7 Å². The van der Waals surface area contributed by atoms with Gasteiger partial charge in [0.25, 0.3) is 0 Å². The molecule has 4 aromatic rings. The number of nitrogens with zero attached hydrogens (tertiary/aromatic N) is 2. The van der Waals surface area contributed by atoms with Crippen molar-refractivity contribution in [2.24, 2.45) is 0 Å². The van der Waals surface area contributed by atoms with E-state index in [4.69, 9.17) is 9.47 Å². The molecular weight excluding hydrogens is 457 g/mol. The number of carbonyl (C=O) groups is 1. The molecule has 0 fully saturated rings. The molecule has 1 unspecified atom stereocenters. The van der Waals surface area contributed by atoms with E-state index >= 15 is 4.39 Å². The zero-order valence-electron chi connectivity index (χ0n) is 20.5. The Morgan fingerprint density at radius 2 is 1.89 bits per heavy atom. The Kier molecular flexibility index (Phi) is 7.55. The molecule has 0 saturated heterocycles. The topological polar surface area (TPSA) is 78.4 Å². The molecule has 3 aromatic carbocycles. The van der Waals surface area contributed by atoms with Crippen molar-refractivity contribution in [3.05, 3.63) is 94.9 Å². The van der Waals surface area contributed by atoms with E-state index in [0.29, 0.717) is 18.0 Å². The zero-order valence-corrected chi connectivity index (χ0v) is 20.5. The molecule has 184 valence electrons. The fraction of sp³-hybridized carbons (Fsp3) is 0.241. The van der Waals surface area contributed by atoms with Crippen molar-refractivity contribution >= 4 is 22.6 Å². The average molecular weight is 486 g/mol. The third-order valence-corrected chi connectivity index (χ3v) is 6.10. The van der Waals surface area contributed by atoms with Gasteiger partial charge in [-0.25, -0.2) is 4.39 Å². The first-order chi connectivity index (χ1) is 17.4. The van der Waals surface area contributed by atoms with Gasteiger partial charge in [-0.2, -0.15) is 5.26 Å². The Balaban J connectivity index is 1.72. The van der Waals surface area contributed by atoms with Crippen molar-refractivity contribution in [2.75, 3.05) is 25.6 Å². The second kappa shape index (κ2) is 11.0. The average Bonchev–Trinajstić information content (AvgIpc) is 3.30. The highest BCUT2D eigenvalue weighted by Crippen LogP contribution is 2.38. The normalized spacial score (nSPS) is 11.6. The molecule has 0 aliphatic heterocycles. The predicted molar refractivity (Wildman–Crippen MR) is 138 cm³/mol. The molecule has 1 atom stereocenters. The molecule has 36 heavy (non-hydrogen) atoms. The van der Waals surface area contributed by atoms with Crippen molar-refractivity contribution < 1.29 is 18.7 Å². The summed E-state index contributed by atoms with van der Waals surface area (Å²) in [5.41, 5.74) is 3.30. The van der Waals surface area contributed by atoms with Crippen LogP contribution in [0.1, 0.15) is 41.5 Å². The molecule has 4 rings (SSSR count). The van der Waals surface area contributed by atoms with E-state index in [2.05, 4.69) is 4.98 Å². The van der Waals surface area contributed by atoms with E-state index in [1.165, 1.54) is 0 Å². The summed E-state index contributed by atoms with van der Waals surface area (Å²) in [5.74, 6) is -1.02. The van der Waals surface area contributed by atoms with Crippen LogP contribution in [0.5, 0.6) is 5.75 Å². The summed E-state index contributed by atoms with van der Waals surface area (Å²) in [5, 5.41) is 10.5. The Morgan fingerprint density at radius 3 is 2.58 bits per heavy atom. The maximum Gasteiger partial charge on any atom is 0.306 e. The van der Waals surface area contributed by atoms with E-state index in [1.807, 2.05) is 54.6 Å². The van der Waals surface area contributed by atoms with E-state index in [0.717, 1.165) is 22.0 Å². The Hall–Kier alpha value is -4.31. The summed E-state index contributed by atoms with van der Waals surface area (Å²) in [4.78, 5) is 17.4. The number of aromatic amines is 1. The Labute approximate surface area is 209 Å². The minimum absolute atomic E-state index is 0.0530. The van der Waals surface area contributed by atoms with E-state index in [1.54, 1.807) is 44.2 Å². The second-order valence-corrected chi connectivity index (χ2v) is 8.66. The molecule has 0 aliphatic rings. The number of benzene rings is 3. The van der Waals surface area contributed by atoms with Crippen molar-refractivity contribution in [3.63, 3.8) is 0 Å². The van der Waals surface area contributed by atoms with Gasteiger partial charge in [-0.05, 0) is 41.8 Å². The summed E-state index contributed by atoms with van der Waals surface area (Å²) in [6.45, 7) is 2.40. The highest BCUT2D eigenvalue weighted by Gasteiger charge is 2.27. The van der Waals surface area contributed by atoms with Gasteiger partial charge in [0.2, 0.25) is 0 Å². The lowest BCUT2D eigenvalue weighted by molar-refractivity contribution is -0.143. The number of nitrogens with one attached hydrogen (secondary N) is 1. The van der Waals surface area contributed by atoms with Gasteiger partial charge >= 0.3 is 5.97 Å². The number of hydrogen-bond acceptors (Lipinski definition) is 5. The number of rotatable bonds is 9. The van der Waals surface area contributed by atoms with Crippen molar-refractivity contribution in [1.82, 2.24) is 4.98 Å². The molecule has 0 radical (unpaired) electrons. The van der Waals surface area contributed by atoms with Gasteiger partial charge < -0.3 is 19.4 Å². The van der Waals surface area contributed by atoms with Crippen LogP contribution in [0.3, 0.4) is 0 Å². The zero-order chi connectivity index (χ0) is 25.7. The predicted octanol–water partition coefficient (Wildman–Crippen LogP) is 5.91. The number of ether oxygens (including phenoxy) is 2. The summed E-state index contributed by atoms with van der Waals surface area (Å²) >= 11 is 0. The van der Waals surface area contributed by atoms with Crippen LogP contribution in [0.25, 0.3) is 10.9 Å². The van der Waals surface area contributed by atoms with Crippen molar-refractivity contribution in [3.8, 4) is 11.8 Å². The molecule has 0 bridgehead atoms. The molecule has 0 amide bonds. The number of aromatic nitrogens is 1. The molecule has 1 heterocycles. The number of esters is 1. The molecule has 1 N–H and O–H groups in total. The van der Waals surface area contributed by atoms with Crippen LogP contribution in [0.4, 0.5) is 10.1 Å². The van der Waals surface area contributed by atoms with Gasteiger partial charge in [-0.3, -0.25) is 4.79 Å². The highest BCUT2D eigenvalue weighted by atomic mass is 19.1. The van der Waals surface area contributed by atoms with Crippen LogP contribution in [-0.4, -0.2) is 31.7 Å². The third-order valence-electron chi connectivity index (χ3n) is 6.10. The number of hydrogen-bond donors (Lipinski definition) is 1. The molecule has 7 heteroatoms. The summed E-state index contributed by atoms with van der Waals surface area (Å²) in [6.07, 6.45) is 1.72. The first kappa shape index (κ1) is 24.8. The number of carbonyl (C=O) groups excluding carboxylic acids is 1. The van der Waals surface area contributed by atoms with Crippen molar-refractivity contribution in [1.29, 1.82) is 5.26 Å². The molecule has 0 aliphatic carbocycles. The Morgan fingerprint density at radius 1 is 1.11 bits per heavy atom. The Bertz CT molecular complexity index is 1410. The van der Waals surface area contributed by atoms with Gasteiger partial charge in [0, 0.05) is 43.2 Å². The lowest BCUT2D eigenvalue weighted by Gasteiger charge is -2.21. The summed E-state index contributed by atoms with van der Waals surface area (Å²) < 4.78 is 26.8. The maximum atomic E-state index is 15.7. The maximum absolute atomic E-state index is 15.7. The van der Waals surface area contributed by atoms with Gasteiger partial charge in [-0.1, -0.05) is 36.4 Å². The minimum atomic E-state index is -0.641. The fourth-order valence-electron chi connectivity index (χ4n) is 4.35. The molecule has 0 spiro atoms. The van der Waals surface area contributed by atoms with Gasteiger partial charge in [0.1, 0.15) is 29.8 Å². The van der Waals surface area contributed by atoms with Crippen LogP contribution in [0, 0.1) is 17.1 Å². The van der Waals surface area contributed by atoms with Gasteiger partial charge in [0.15, 0.2) is 0 Å². The summed E-state index contributed by atoms with van der Waals surface area (Å²) in [6, 6.07) is 20.9. The highest BCUT2D eigenvalue weighted by molar-refractivity contribution is 5.86. The molecule has 0 saturated carbocycles. The standard InChI is InChI=1S/C29H28FN3O3/c1-4-35-28(34)15-23(22-12-13-27(33(2)3)24(16-31)29(22)30)25-17-32-26-14-20(10-11-21(25)26)36-18-19-8-6-5-7-9-19/h5-14,17,23,32H,4,15,18H2,1-3H3. The first-order valence-corrected chi connectivity index (χ1v) is 11.8. The smallest absolute Gasteiger partial charge is 0.306 e. The number of halogens is 1. The molecular formula is C29H28FN3O3. The van der Waals surface area contributed by atoms with E-state index in [-0.39, 0.29) is 24.2 Å². The van der Waals surface area contributed by atoms with Gasteiger partial charge in [-0.15, -0.1) is 0 Å². The largest absolute Gasteiger partial charge is 0.489 e. The second-order valence-electron chi connectivity index (χ2n) is 8.66. The van der Waals surface area contributed by atoms with Gasteiger partial charge in [0.05, 0.1) is 18.7 Å². The minimum Gasteiger partial charge on any atom is -0.489 e. The molecule has 6 nitrogen and oxygen atoms in total. The van der Waals surface area contributed by atoms with Crippen LogP contribution >= 0.6 is 0 Å². The summed E-state index contributed by atoms with van der Waals surface area (Å²) in [7, 11) is 3.50. The third kappa shape index (κ3) is 5.18. The SMILES string of the molecule is CCOC(=O)CC(c1ccc(N(C)C)c(C#N)c1F)c1c[nH]c2cc(OCc3ccccc3)ccc12. The quantitative estimate of drug-likeness (QED) is 0.298. The lowest BCUT2D eigenvalue weighted by Crippen LogP contribution is -2.16. The van der Waals surface area contributed by atoms with E-state index in [9.17, 15) is 10.1 Å². The number of H-pyrrole nitrogens is 1. The van der Waals surface area contributed by atoms with Crippen LogP contribution in [-0.2, 0) is 16.1 Å². The number of anilines is 1. The first-order valence-electron chi connectivity index (χ1n) is 11.8. The number of fused-ring (bicyclic) bond motifs is 1. The molecule has 1 aromatic heterocycles. The lowest BCUT2D eigenvalue weighted by atomic mass is 9.86. The number of nitriles is 1. The van der Waals surface area contributed by atoms with Crippen molar-refractivity contribution in [2.45, 2.75) is 25.9 Å². The van der Waals surface area contributed by atoms with Crippen LogP contribution in [0.15, 0.2) is 66.9 Å². The van der Waals surface area contributed by atoms with Crippen LogP contribution in [0.2, 0.25) is 0 Å². The fourth-order valence-corrected chi connectivity index (χ4v) is 4.35. The monoisotopic (exact) mass is 485 g/mol. The van der Waals surface area contributed by atoms with Crippen LogP contribution < -0.4 is 9.64 Å².